The first-order valence-corrected chi connectivity index (χ1v) is 11.4. The molecular formula is C22H19Cl4N3O4. The highest BCUT2D eigenvalue weighted by Gasteiger charge is 2.26. The van der Waals surface area contributed by atoms with Crippen molar-refractivity contribution >= 4 is 58.2 Å². The van der Waals surface area contributed by atoms with Gasteiger partial charge in [-0.2, -0.15) is 0 Å². The maximum absolute atomic E-state index is 12.6. The molecule has 2 aromatic carbocycles. The highest BCUT2D eigenvalue weighted by molar-refractivity contribution is 6.37. The Morgan fingerprint density at radius 2 is 1.82 bits per heavy atom. The van der Waals surface area contributed by atoms with Crippen molar-refractivity contribution in [3.63, 3.8) is 0 Å². The monoisotopic (exact) mass is 529 g/mol. The van der Waals surface area contributed by atoms with Gasteiger partial charge in [-0.05, 0) is 49.7 Å². The summed E-state index contributed by atoms with van der Waals surface area (Å²) in [6, 6.07) is 9.69. The van der Waals surface area contributed by atoms with E-state index >= 15 is 0 Å². The van der Waals surface area contributed by atoms with Crippen LogP contribution < -0.4 is 5.48 Å². The molecule has 1 aromatic heterocycles. The molecule has 0 amide bonds. The number of nitrogens with one attached hydrogen (secondary N) is 1. The van der Waals surface area contributed by atoms with Gasteiger partial charge in [0.25, 0.3) is 0 Å². The lowest BCUT2D eigenvalue weighted by atomic mass is 10.0. The first kappa shape index (κ1) is 25.3. The number of ether oxygens (including phenoxy) is 1. The number of rotatable bonds is 8. The molecular weight excluding hydrogens is 512 g/mol. The van der Waals surface area contributed by atoms with Crippen LogP contribution in [0.5, 0.6) is 0 Å². The van der Waals surface area contributed by atoms with Gasteiger partial charge in [-0.25, -0.2) is 4.79 Å². The van der Waals surface area contributed by atoms with Crippen LogP contribution in [0.25, 0.3) is 11.3 Å². The molecule has 3 rings (SSSR count). The van der Waals surface area contributed by atoms with E-state index < -0.39 is 5.97 Å². The van der Waals surface area contributed by atoms with E-state index in [4.69, 9.17) is 55.7 Å². The van der Waals surface area contributed by atoms with Gasteiger partial charge in [0.1, 0.15) is 11.3 Å². The van der Waals surface area contributed by atoms with Crippen LogP contribution in [0, 0.1) is 0 Å². The number of carbonyl (C=O) groups excluding carboxylic acids is 1. The first-order chi connectivity index (χ1) is 15.8. The SMILES string of the molecule is CCOC(=O)c1c(-c2ccc(Cl)cc2Cl)noc1CCCN=C(NO)c1ccc(Cl)cc1Cl. The number of halogens is 4. The van der Waals surface area contributed by atoms with Crippen molar-refractivity contribution in [2.24, 2.45) is 4.99 Å². The van der Waals surface area contributed by atoms with E-state index in [9.17, 15) is 10.0 Å². The van der Waals surface area contributed by atoms with E-state index in [-0.39, 0.29) is 23.7 Å². The van der Waals surface area contributed by atoms with E-state index in [0.29, 0.717) is 56.4 Å². The molecule has 11 heteroatoms. The number of hydrogen-bond donors (Lipinski definition) is 2. The lowest BCUT2D eigenvalue weighted by molar-refractivity contribution is 0.0524. The predicted molar refractivity (Wildman–Crippen MR) is 129 cm³/mol. The maximum atomic E-state index is 12.6. The Balaban J connectivity index is 1.81. The van der Waals surface area contributed by atoms with Crippen LogP contribution >= 0.6 is 46.4 Å². The van der Waals surface area contributed by atoms with Gasteiger partial charge < -0.3 is 9.26 Å². The number of hydroxylamine groups is 1. The number of benzene rings is 2. The summed E-state index contributed by atoms with van der Waals surface area (Å²) in [5.74, 6) is -0.0369. The van der Waals surface area contributed by atoms with E-state index in [1.807, 2.05) is 5.48 Å². The van der Waals surface area contributed by atoms with Gasteiger partial charge in [0.15, 0.2) is 11.6 Å². The Morgan fingerprint density at radius 3 is 2.45 bits per heavy atom. The number of amidine groups is 1. The van der Waals surface area contributed by atoms with Crippen LogP contribution in [0.15, 0.2) is 45.9 Å². The molecule has 0 radical (unpaired) electrons. The zero-order valence-electron chi connectivity index (χ0n) is 17.4. The summed E-state index contributed by atoms with van der Waals surface area (Å²) in [4.78, 5) is 17.0. The standard InChI is InChI=1S/C22H19Cl4N3O4/c1-2-32-22(30)19-18(33-29-20(19)14-7-5-12(23)10-16(14)25)4-3-9-27-21(28-31)15-8-6-13(24)11-17(15)26/h5-8,10-11,31H,2-4,9H2,1H3,(H,27,28). The Morgan fingerprint density at radius 1 is 1.12 bits per heavy atom. The van der Waals surface area contributed by atoms with E-state index in [2.05, 4.69) is 10.1 Å². The third-order valence-corrected chi connectivity index (χ3v) is 5.65. The molecule has 2 N–H and O–H groups in total. The third-order valence-electron chi connectivity index (χ3n) is 4.55. The molecule has 3 aromatic rings. The van der Waals surface area contributed by atoms with E-state index in [1.165, 1.54) is 0 Å². The number of aromatic nitrogens is 1. The second-order valence-corrected chi connectivity index (χ2v) is 8.43. The molecule has 0 saturated heterocycles. The molecule has 0 aliphatic heterocycles. The number of nitrogens with zero attached hydrogens (tertiary/aromatic N) is 2. The van der Waals surface area contributed by atoms with Crippen LogP contribution in [0.4, 0.5) is 0 Å². The Hall–Kier alpha value is -2.29. The summed E-state index contributed by atoms with van der Waals surface area (Å²) in [7, 11) is 0. The van der Waals surface area contributed by atoms with E-state index in [1.54, 1.807) is 43.3 Å². The molecule has 0 fully saturated rings. The molecule has 0 bridgehead atoms. The van der Waals surface area contributed by atoms with Crippen molar-refractivity contribution in [1.82, 2.24) is 10.6 Å². The summed E-state index contributed by atoms with van der Waals surface area (Å²) in [6.07, 6.45) is 0.814. The average molecular weight is 531 g/mol. The number of carbonyl (C=O) groups is 1. The molecule has 0 spiro atoms. The molecule has 0 aliphatic carbocycles. The normalized spacial score (nSPS) is 11.5. The van der Waals surface area contributed by atoms with Crippen LogP contribution in [0.2, 0.25) is 20.1 Å². The van der Waals surface area contributed by atoms with Crippen molar-refractivity contribution in [3.8, 4) is 11.3 Å². The van der Waals surface area contributed by atoms with Gasteiger partial charge in [-0.15, -0.1) is 0 Å². The van der Waals surface area contributed by atoms with Gasteiger partial charge in [-0.1, -0.05) is 51.6 Å². The molecule has 0 unspecified atom stereocenters. The maximum Gasteiger partial charge on any atom is 0.344 e. The molecule has 0 aliphatic rings. The van der Waals surface area contributed by atoms with Crippen molar-refractivity contribution in [3.05, 3.63) is 73.4 Å². The van der Waals surface area contributed by atoms with Crippen LogP contribution in [0.3, 0.4) is 0 Å². The smallest absolute Gasteiger partial charge is 0.344 e. The van der Waals surface area contributed by atoms with Gasteiger partial charge in [0.05, 0.1) is 16.7 Å². The largest absolute Gasteiger partial charge is 0.462 e. The molecule has 174 valence electrons. The lowest BCUT2D eigenvalue weighted by Crippen LogP contribution is -2.21. The van der Waals surface area contributed by atoms with Gasteiger partial charge in [0.2, 0.25) is 0 Å². The van der Waals surface area contributed by atoms with Crippen molar-refractivity contribution in [1.29, 1.82) is 0 Å². The van der Waals surface area contributed by atoms with Gasteiger partial charge >= 0.3 is 5.97 Å². The van der Waals surface area contributed by atoms with Crippen LogP contribution in [-0.4, -0.2) is 35.3 Å². The molecule has 33 heavy (non-hydrogen) atoms. The average Bonchev–Trinajstić information content (AvgIpc) is 3.18. The molecule has 0 atom stereocenters. The fraction of sp³-hybridized carbons (Fsp3) is 0.227. The number of aliphatic imine (C=N–C) groups is 1. The number of hydrogen-bond acceptors (Lipinski definition) is 6. The Bertz CT molecular complexity index is 1180. The fourth-order valence-corrected chi connectivity index (χ4v) is 4.06. The first-order valence-electron chi connectivity index (χ1n) is 9.86. The minimum absolute atomic E-state index is 0.188. The summed E-state index contributed by atoms with van der Waals surface area (Å²) in [5, 5.41) is 15.1. The van der Waals surface area contributed by atoms with E-state index in [0.717, 1.165) is 0 Å². The lowest BCUT2D eigenvalue weighted by Gasteiger charge is -2.08. The molecule has 7 nitrogen and oxygen atoms in total. The summed E-state index contributed by atoms with van der Waals surface area (Å²) >= 11 is 24.4. The highest BCUT2D eigenvalue weighted by atomic mass is 35.5. The van der Waals surface area contributed by atoms with Crippen molar-refractivity contribution < 1.29 is 19.3 Å². The van der Waals surface area contributed by atoms with Crippen LogP contribution in [-0.2, 0) is 11.2 Å². The van der Waals surface area contributed by atoms with Gasteiger partial charge in [0, 0.05) is 34.1 Å². The summed E-state index contributed by atoms with van der Waals surface area (Å²) < 4.78 is 10.7. The second kappa shape index (κ2) is 11.7. The quantitative estimate of drug-likeness (QED) is 0.113. The number of aryl methyl sites for hydroxylation is 1. The number of esters is 1. The Labute approximate surface area is 210 Å². The zero-order valence-corrected chi connectivity index (χ0v) is 20.4. The minimum atomic E-state index is -0.566. The van der Waals surface area contributed by atoms with Crippen molar-refractivity contribution in [2.45, 2.75) is 19.8 Å². The van der Waals surface area contributed by atoms with Crippen molar-refractivity contribution in [2.75, 3.05) is 13.2 Å². The third kappa shape index (κ3) is 6.19. The minimum Gasteiger partial charge on any atom is -0.462 e. The highest BCUT2D eigenvalue weighted by Crippen LogP contribution is 2.34. The zero-order chi connectivity index (χ0) is 24.0. The van der Waals surface area contributed by atoms with Gasteiger partial charge in [-0.3, -0.25) is 15.7 Å². The molecule has 0 saturated carbocycles. The second-order valence-electron chi connectivity index (χ2n) is 6.74. The fourth-order valence-electron chi connectivity index (χ4n) is 3.07. The predicted octanol–water partition coefficient (Wildman–Crippen LogP) is 6.49. The van der Waals surface area contributed by atoms with Crippen LogP contribution in [0.1, 0.15) is 35.0 Å². The topological polar surface area (TPSA) is 97.0 Å². The molecule has 1 heterocycles. The summed E-state index contributed by atoms with van der Waals surface area (Å²) in [5.41, 5.74) is 3.52. The Kier molecular flexibility index (Phi) is 9.00. The summed E-state index contributed by atoms with van der Waals surface area (Å²) in [6.45, 7) is 2.19.